The van der Waals surface area contributed by atoms with Gasteiger partial charge in [-0.1, -0.05) is 30.3 Å². The van der Waals surface area contributed by atoms with Crippen molar-refractivity contribution in [1.82, 2.24) is 19.8 Å². The number of nitrogens with zero attached hydrogens (tertiary/aromatic N) is 2. The van der Waals surface area contributed by atoms with Crippen molar-refractivity contribution in [2.45, 2.75) is 51.1 Å². The summed E-state index contributed by atoms with van der Waals surface area (Å²) in [6.45, 7) is 3.41. The second-order valence-corrected chi connectivity index (χ2v) is 11.2. The largest absolute Gasteiger partial charge is 0.481 e. The van der Waals surface area contributed by atoms with Gasteiger partial charge in [-0.3, -0.25) is 19.8 Å². The monoisotopic (exact) mass is 538 g/mol. The Morgan fingerprint density at radius 1 is 1.14 bits per heavy atom. The molecule has 0 radical (unpaired) electrons. The van der Waals surface area contributed by atoms with E-state index in [2.05, 4.69) is 10.0 Å². The van der Waals surface area contributed by atoms with Gasteiger partial charge in [-0.25, -0.2) is 13.1 Å². The van der Waals surface area contributed by atoms with Crippen molar-refractivity contribution >= 4 is 33.8 Å². The first kappa shape index (κ1) is 30.0. The molecule has 2 saturated heterocycles. The van der Waals surface area contributed by atoms with Gasteiger partial charge in [0.1, 0.15) is 12.1 Å². The number of aliphatic carboxylic acids is 1. The minimum Gasteiger partial charge on any atom is -0.481 e. The topological polar surface area (TPSA) is 186 Å². The molecule has 13 heteroatoms. The zero-order valence-electron chi connectivity index (χ0n) is 21.4. The molecule has 0 spiro atoms. The number of benzene rings is 1. The molecule has 12 nitrogen and oxygen atoms in total. The van der Waals surface area contributed by atoms with Crippen molar-refractivity contribution in [3.63, 3.8) is 0 Å². The number of guanidine groups is 1. The summed E-state index contributed by atoms with van der Waals surface area (Å²) in [5.41, 5.74) is 6.37. The van der Waals surface area contributed by atoms with Crippen molar-refractivity contribution in [2.24, 2.45) is 11.7 Å². The fourth-order valence-corrected chi connectivity index (χ4v) is 5.23. The number of piperidine rings is 1. The molecule has 1 aromatic rings. The van der Waals surface area contributed by atoms with Crippen molar-refractivity contribution in [2.75, 3.05) is 32.4 Å². The highest BCUT2D eigenvalue weighted by molar-refractivity contribution is 7.88. The highest BCUT2D eigenvalue weighted by Crippen LogP contribution is 2.21. The summed E-state index contributed by atoms with van der Waals surface area (Å²) in [5, 5.41) is 17.9. The number of sulfonamides is 1. The van der Waals surface area contributed by atoms with Crippen LogP contribution in [0.25, 0.3) is 0 Å². The summed E-state index contributed by atoms with van der Waals surface area (Å²) in [6, 6.07) is 7.65. The third kappa shape index (κ3) is 10.4. The molecule has 0 saturated carbocycles. The molecule has 0 aromatic heterocycles. The quantitative estimate of drug-likeness (QED) is 0.225. The number of likely N-dealkylation sites (tertiary alicyclic amines) is 2. The number of nitrogens with one attached hydrogen (secondary N) is 3. The van der Waals surface area contributed by atoms with Crippen LogP contribution in [0, 0.1) is 11.3 Å². The van der Waals surface area contributed by atoms with Crippen LogP contribution in [0.4, 0.5) is 0 Å². The Morgan fingerprint density at radius 3 is 2.27 bits per heavy atom. The first-order valence-corrected chi connectivity index (χ1v) is 14.1. The molecular weight excluding hydrogens is 500 g/mol. The predicted octanol–water partition coefficient (Wildman–Crippen LogP) is -0.0495. The van der Waals surface area contributed by atoms with Crippen LogP contribution >= 0.6 is 0 Å². The van der Waals surface area contributed by atoms with Gasteiger partial charge in [0, 0.05) is 33.1 Å². The lowest BCUT2D eigenvalue weighted by atomic mass is 9.97. The molecule has 2 fully saturated rings. The number of carbonyl (C=O) groups excluding carboxylic acids is 2. The number of hydrogen-bond acceptors (Lipinski definition) is 6. The average Bonchev–Trinajstić information content (AvgIpc) is 3.31. The van der Waals surface area contributed by atoms with Crippen LogP contribution in [-0.4, -0.2) is 91.6 Å². The lowest BCUT2D eigenvalue weighted by Gasteiger charge is -2.33. The van der Waals surface area contributed by atoms with Gasteiger partial charge in [0.15, 0.2) is 5.96 Å². The second-order valence-electron chi connectivity index (χ2n) is 9.40. The van der Waals surface area contributed by atoms with Crippen LogP contribution in [0.2, 0.25) is 0 Å². The van der Waals surface area contributed by atoms with E-state index >= 15 is 0 Å². The Morgan fingerprint density at radius 2 is 1.73 bits per heavy atom. The second kappa shape index (κ2) is 13.9. The summed E-state index contributed by atoms with van der Waals surface area (Å²) in [5.74, 6) is -1.04. The minimum absolute atomic E-state index is 0.0744. The Labute approximate surface area is 218 Å². The summed E-state index contributed by atoms with van der Waals surface area (Å²) >= 11 is 0. The lowest BCUT2D eigenvalue weighted by molar-refractivity contribution is -0.139. The van der Waals surface area contributed by atoms with Crippen LogP contribution < -0.4 is 15.8 Å². The molecule has 2 aliphatic heterocycles. The van der Waals surface area contributed by atoms with E-state index < -0.39 is 28.1 Å². The molecule has 1 aromatic carbocycles. The summed E-state index contributed by atoms with van der Waals surface area (Å²) in [7, 11) is -3.62. The van der Waals surface area contributed by atoms with Crippen LogP contribution in [0.5, 0.6) is 0 Å². The number of carboxylic acid groups (broad SMARTS) is 1. The van der Waals surface area contributed by atoms with Gasteiger partial charge >= 0.3 is 0 Å². The molecule has 2 amide bonds. The number of amides is 2. The minimum atomic E-state index is -3.62. The third-order valence-electron chi connectivity index (χ3n) is 6.30. The van der Waals surface area contributed by atoms with Gasteiger partial charge in [0.05, 0.1) is 6.26 Å². The van der Waals surface area contributed by atoms with Crippen LogP contribution in [0.15, 0.2) is 30.3 Å². The van der Waals surface area contributed by atoms with E-state index in [1.54, 1.807) is 0 Å². The van der Waals surface area contributed by atoms with Crippen LogP contribution in [-0.2, 0) is 30.8 Å². The molecule has 0 aliphatic carbocycles. The summed E-state index contributed by atoms with van der Waals surface area (Å²) < 4.78 is 26.3. The van der Waals surface area contributed by atoms with Gasteiger partial charge in [0.25, 0.3) is 5.97 Å². The Kier molecular flexibility index (Phi) is 11.3. The van der Waals surface area contributed by atoms with E-state index in [9.17, 15) is 18.0 Å². The maximum Gasteiger partial charge on any atom is 0.300 e. The highest BCUT2D eigenvalue weighted by Gasteiger charge is 2.38. The van der Waals surface area contributed by atoms with Crippen molar-refractivity contribution in [3.05, 3.63) is 35.9 Å². The SMILES string of the molecule is CC(=O)O.CS(=O)(=O)N[C@H](Cc1ccccc1)C(=O)N1CCC[C@@H]1C(=O)NCC1CCN(C(=N)N)CC1. The summed E-state index contributed by atoms with van der Waals surface area (Å²) in [6.07, 6.45) is 4.17. The normalized spacial score (nSPS) is 18.9. The first-order chi connectivity index (χ1) is 17.4. The molecule has 206 valence electrons. The fraction of sp³-hybridized carbons (Fsp3) is 0.583. The Hall–Kier alpha value is -3.19. The van der Waals surface area contributed by atoms with Crippen LogP contribution in [0.3, 0.4) is 0 Å². The van der Waals surface area contributed by atoms with Gasteiger partial charge in [-0.05, 0) is 43.6 Å². The fourth-order valence-electron chi connectivity index (χ4n) is 4.53. The van der Waals surface area contributed by atoms with E-state index in [4.69, 9.17) is 21.0 Å². The maximum absolute atomic E-state index is 13.3. The smallest absolute Gasteiger partial charge is 0.300 e. The highest BCUT2D eigenvalue weighted by atomic mass is 32.2. The number of nitrogens with two attached hydrogens (primary N) is 1. The van der Waals surface area contributed by atoms with Gasteiger partial charge < -0.3 is 26.0 Å². The lowest BCUT2D eigenvalue weighted by Crippen LogP contribution is -2.54. The van der Waals surface area contributed by atoms with E-state index in [-0.39, 0.29) is 24.2 Å². The molecule has 0 unspecified atom stereocenters. The Balaban J connectivity index is 0.00000112. The molecule has 37 heavy (non-hydrogen) atoms. The Bertz CT molecular complexity index is 1040. The zero-order valence-corrected chi connectivity index (χ0v) is 22.2. The number of rotatable bonds is 8. The standard InChI is InChI=1S/C22H34N6O4S.C2H4O2/c1-33(31,32)26-18(14-16-6-3-2-4-7-16)21(30)28-11-5-8-19(28)20(29)25-15-17-9-12-27(13-10-17)22(23)24;1-2(3)4/h2-4,6-7,17-19,26H,5,8-15H2,1H3,(H3,23,24)(H,25,29);1H3,(H,3,4)/t18-,19-;/m1./s1. The molecule has 2 heterocycles. The maximum atomic E-state index is 13.3. The number of carbonyl (C=O) groups is 3. The van der Waals surface area contributed by atoms with Crippen molar-refractivity contribution < 1.29 is 27.9 Å². The zero-order chi connectivity index (χ0) is 27.6. The number of carboxylic acids is 1. The molecular formula is C24H38N6O6S. The van der Waals surface area contributed by atoms with Gasteiger partial charge in [-0.2, -0.15) is 0 Å². The van der Waals surface area contributed by atoms with Crippen molar-refractivity contribution in [1.29, 1.82) is 5.41 Å². The van der Waals surface area contributed by atoms with E-state index in [0.29, 0.717) is 44.9 Å². The van der Waals surface area contributed by atoms with E-state index in [0.717, 1.165) is 31.6 Å². The molecule has 6 N–H and O–H groups in total. The van der Waals surface area contributed by atoms with Crippen molar-refractivity contribution in [3.8, 4) is 0 Å². The summed E-state index contributed by atoms with van der Waals surface area (Å²) in [4.78, 5) is 38.6. The van der Waals surface area contributed by atoms with E-state index in [1.165, 1.54) is 4.90 Å². The molecule has 3 rings (SSSR count). The van der Waals surface area contributed by atoms with E-state index in [1.807, 2.05) is 35.2 Å². The van der Waals surface area contributed by atoms with Gasteiger partial charge in [0.2, 0.25) is 21.8 Å². The average molecular weight is 539 g/mol. The predicted molar refractivity (Wildman–Crippen MR) is 139 cm³/mol. The molecule has 0 bridgehead atoms. The third-order valence-corrected chi connectivity index (χ3v) is 7.01. The molecule has 2 atom stereocenters. The first-order valence-electron chi connectivity index (χ1n) is 12.2. The number of hydrogen-bond donors (Lipinski definition) is 5. The van der Waals surface area contributed by atoms with Gasteiger partial charge in [-0.15, -0.1) is 0 Å². The van der Waals surface area contributed by atoms with Crippen LogP contribution in [0.1, 0.15) is 38.2 Å². The molecule has 2 aliphatic rings.